The molecule has 2 aromatic rings. The van der Waals surface area contributed by atoms with Crippen molar-refractivity contribution in [2.24, 2.45) is 0 Å². The predicted octanol–water partition coefficient (Wildman–Crippen LogP) is 2.74. The number of nitrogen functional groups attached to an aromatic ring is 1. The molecule has 0 bridgehead atoms. The third kappa shape index (κ3) is 2.32. The number of hydrogen-bond acceptors (Lipinski definition) is 4. The molecule has 0 atom stereocenters. The van der Waals surface area contributed by atoms with E-state index in [-0.39, 0.29) is 0 Å². The normalized spacial score (nSPS) is 16.7. The molecule has 100 valence electrons. The van der Waals surface area contributed by atoms with E-state index in [1.807, 2.05) is 19.1 Å². The van der Waals surface area contributed by atoms with Crippen molar-refractivity contribution in [1.29, 1.82) is 0 Å². The summed E-state index contributed by atoms with van der Waals surface area (Å²) in [4.78, 5) is 4.03. The van der Waals surface area contributed by atoms with Crippen LogP contribution in [0.2, 0.25) is 0 Å². The van der Waals surface area contributed by atoms with Gasteiger partial charge in [0.1, 0.15) is 11.6 Å². The summed E-state index contributed by atoms with van der Waals surface area (Å²) < 4.78 is 2.27. The molecule has 1 aliphatic carbocycles. The number of aromatic nitrogens is 4. The van der Waals surface area contributed by atoms with Gasteiger partial charge >= 0.3 is 0 Å². The fourth-order valence-corrected chi connectivity index (χ4v) is 2.93. The molecule has 0 unspecified atom stereocenters. The monoisotopic (exact) mass is 257 g/mol. The van der Waals surface area contributed by atoms with Crippen molar-refractivity contribution in [1.82, 2.24) is 19.7 Å². The summed E-state index contributed by atoms with van der Waals surface area (Å²) >= 11 is 0. The topological polar surface area (TPSA) is 69.6 Å². The Morgan fingerprint density at radius 2 is 2.00 bits per heavy atom. The largest absolute Gasteiger partial charge is 0.384 e. The second-order valence-corrected chi connectivity index (χ2v) is 5.20. The van der Waals surface area contributed by atoms with Gasteiger partial charge in [-0.3, -0.25) is 0 Å². The number of hydrogen-bond donors (Lipinski definition) is 1. The summed E-state index contributed by atoms with van der Waals surface area (Å²) in [5.41, 5.74) is 6.76. The van der Waals surface area contributed by atoms with Gasteiger partial charge < -0.3 is 10.3 Å². The Hall–Kier alpha value is -1.91. The average Bonchev–Trinajstić information content (AvgIpc) is 2.82. The minimum Gasteiger partial charge on any atom is -0.384 e. The minimum atomic E-state index is 0.521. The van der Waals surface area contributed by atoms with Crippen molar-refractivity contribution in [2.45, 2.75) is 45.1 Å². The molecule has 0 amide bonds. The number of rotatable bonds is 2. The summed E-state index contributed by atoms with van der Waals surface area (Å²) in [6.45, 7) is 2.02. The van der Waals surface area contributed by atoms with Gasteiger partial charge in [0.05, 0.1) is 0 Å². The Labute approximate surface area is 112 Å². The molecule has 2 N–H and O–H groups in total. The lowest BCUT2D eigenvalue weighted by Gasteiger charge is -2.25. The second-order valence-electron chi connectivity index (χ2n) is 5.20. The van der Waals surface area contributed by atoms with Gasteiger partial charge in [0, 0.05) is 17.8 Å². The highest BCUT2D eigenvalue weighted by molar-refractivity contribution is 5.58. The van der Waals surface area contributed by atoms with Gasteiger partial charge in [-0.15, -0.1) is 10.2 Å². The molecule has 19 heavy (non-hydrogen) atoms. The zero-order chi connectivity index (χ0) is 13.2. The molecule has 1 aliphatic rings. The van der Waals surface area contributed by atoms with E-state index in [9.17, 15) is 0 Å². The summed E-state index contributed by atoms with van der Waals surface area (Å²) in [6, 6.07) is 4.33. The number of nitrogens with zero attached hydrogens (tertiary/aromatic N) is 4. The maximum absolute atomic E-state index is 5.76. The third-order valence-corrected chi connectivity index (χ3v) is 3.85. The molecule has 0 radical (unpaired) electrons. The third-order valence-electron chi connectivity index (χ3n) is 3.85. The maximum Gasteiger partial charge on any atom is 0.164 e. The van der Waals surface area contributed by atoms with E-state index in [1.165, 1.54) is 32.1 Å². The Balaban J connectivity index is 2.02. The Morgan fingerprint density at radius 1 is 1.21 bits per heavy atom. The first-order chi connectivity index (χ1) is 9.25. The first-order valence-electron chi connectivity index (χ1n) is 6.89. The lowest BCUT2D eigenvalue weighted by molar-refractivity contribution is 0.350. The van der Waals surface area contributed by atoms with Crippen molar-refractivity contribution < 1.29 is 0 Å². The summed E-state index contributed by atoms with van der Waals surface area (Å²) in [7, 11) is 0. The van der Waals surface area contributed by atoms with E-state index in [1.54, 1.807) is 6.20 Å². The molecule has 2 heterocycles. The second kappa shape index (κ2) is 4.99. The predicted molar refractivity (Wildman–Crippen MR) is 74.5 cm³/mol. The number of anilines is 1. The van der Waals surface area contributed by atoms with Crippen LogP contribution in [0.5, 0.6) is 0 Å². The zero-order valence-electron chi connectivity index (χ0n) is 11.2. The van der Waals surface area contributed by atoms with Crippen LogP contribution in [0.3, 0.4) is 0 Å². The van der Waals surface area contributed by atoms with E-state index in [0.717, 1.165) is 17.2 Å². The van der Waals surface area contributed by atoms with Crippen LogP contribution >= 0.6 is 0 Å². The van der Waals surface area contributed by atoms with E-state index in [2.05, 4.69) is 19.7 Å². The van der Waals surface area contributed by atoms with Gasteiger partial charge in [-0.05, 0) is 31.9 Å². The molecule has 1 fully saturated rings. The summed E-state index contributed by atoms with van der Waals surface area (Å²) in [5.74, 6) is 2.42. The van der Waals surface area contributed by atoms with E-state index in [4.69, 9.17) is 5.73 Å². The molecule has 5 nitrogen and oxygen atoms in total. The lowest BCUT2D eigenvalue weighted by Crippen LogP contribution is -2.15. The van der Waals surface area contributed by atoms with Gasteiger partial charge in [0.15, 0.2) is 5.82 Å². The molecular formula is C14H19N5. The first kappa shape index (κ1) is 12.1. The van der Waals surface area contributed by atoms with Crippen LogP contribution in [-0.2, 0) is 0 Å². The molecular weight excluding hydrogens is 238 g/mol. The smallest absolute Gasteiger partial charge is 0.164 e. The van der Waals surface area contributed by atoms with Crippen LogP contribution in [0.4, 0.5) is 5.82 Å². The molecule has 2 aromatic heterocycles. The quantitative estimate of drug-likeness (QED) is 0.898. The van der Waals surface area contributed by atoms with Gasteiger partial charge in [-0.2, -0.15) is 0 Å². The molecule has 3 rings (SSSR count). The van der Waals surface area contributed by atoms with E-state index < -0.39 is 0 Å². The molecule has 0 aliphatic heterocycles. The number of nitrogens with two attached hydrogens (primary N) is 1. The first-order valence-corrected chi connectivity index (χ1v) is 6.89. The van der Waals surface area contributed by atoms with Crippen molar-refractivity contribution in [3.63, 3.8) is 0 Å². The minimum absolute atomic E-state index is 0.521. The molecule has 5 heteroatoms. The van der Waals surface area contributed by atoms with Crippen LogP contribution in [0, 0.1) is 6.92 Å². The maximum atomic E-state index is 5.76. The van der Waals surface area contributed by atoms with Crippen molar-refractivity contribution in [3.8, 4) is 11.4 Å². The highest BCUT2D eigenvalue weighted by atomic mass is 15.3. The van der Waals surface area contributed by atoms with Crippen molar-refractivity contribution in [3.05, 3.63) is 24.2 Å². The molecule has 0 spiro atoms. The van der Waals surface area contributed by atoms with Crippen LogP contribution in [0.25, 0.3) is 11.4 Å². The molecule has 0 saturated heterocycles. The zero-order valence-corrected chi connectivity index (χ0v) is 11.2. The van der Waals surface area contributed by atoms with Crippen molar-refractivity contribution in [2.75, 3.05) is 5.73 Å². The fraction of sp³-hybridized carbons (Fsp3) is 0.500. The van der Waals surface area contributed by atoms with Crippen molar-refractivity contribution >= 4 is 5.82 Å². The Morgan fingerprint density at radius 3 is 2.74 bits per heavy atom. The SMILES string of the molecule is Cc1nnc(-c2ccnc(N)c2)n1C1CCCCC1. The summed E-state index contributed by atoms with van der Waals surface area (Å²) in [6.07, 6.45) is 8.08. The van der Waals surface area contributed by atoms with E-state index in [0.29, 0.717) is 11.9 Å². The van der Waals surface area contributed by atoms with Gasteiger partial charge in [-0.1, -0.05) is 19.3 Å². The van der Waals surface area contributed by atoms with Gasteiger partial charge in [-0.25, -0.2) is 4.98 Å². The van der Waals surface area contributed by atoms with E-state index >= 15 is 0 Å². The van der Waals surface area contributed by atoms with Crippen LogP contribution < -0.4 is 5.73 Å². The molecule has 0 aromatic carbocycles. The fourth-order valence-electron chi connectivity index (χ4n) is 2.93. The number of aryl methyl sites for hydroxylation is 1. The number of pyridine rings is 1. The van der Waals surface area contributed by atoms with Crippen LogP contribution in [-0.4, -0.2) is 19.7 Å². The standard InChI is InChI=1S/C14H19N5/c1-10-17-18-14(11-7-8-16-13(15)9-11)19(10)12-5-3-2-4-6-12/h7-9,12H,2-6H2,1H3,(H2,15,16). The lowest BCUT2D eigenvalue weighted by atomic mass is 9.95. The molecule has 1 saturated carbocycles. The van der Waals surface area contributed by atoms with Crippen LogP contribution in [0.15, 0.2) is 18.3 Å². The van der Waals surface area contributed by atoms with Gasteiger partial charge in [0.25, 0.3) is 0 Å². The highest BCUT2D eigenvalue weighted by Gasteiger charge is 2.21. The highest BCUT2D eigenvalue weighted by Crippen LogP contribution is 2.32. The average molecular weight is 257 g/mol. The van der Waals surface area contributed by atoms with Gasteiger partial charge in [0.2, 0.25) is 0 Å². The Bertz CT molecular complexity index is 569. The van der Waals surface area contributed by atoms with Crippen LogP contribution in [0.1, 0.15) is 44.0 Å². The Kier molecular flexibility index (Phi) is 3.19. The summed E-state index contributed by atoms with van der Waals surface area (Å²) in [5, 5.41) is 8.58.